The van der Waals surface area contributed by atoms with Crippen molar-refractivity contribution in [1.29, 1.82) is 0 Å². The molecule has 0 saturated carbocycles. The van der Waals surface area contributed by atoms with Crippen LogP contribution in [-0.4, -0.2) is 15.8 Å². The Kier molecular flexibility index (Phi) is 2.51. The van der Waals surface area contributed by atoms with E-state index in [0.717, 1.165) is 17.3 Å². The first kappa shape index (κ1) is 11.7. The van der Waals surface area contributed by atoms with Crippen LogP contribution in [0.4, 0.5) is 0 Å². The molecular formula is C13H12N2O4. The monoisotopic (exact) mass is 260 g/mol. The Balaban J connectivity index is 2.40. The van der Waals surface area contributed by atoms with Crippen LogP contribution in [-0.2, 0) is 12.8 Å². The van der Waals surface area contributed by atoms with E-state index in [-0.39, 0.29) is 16.6 Å². The molecule has 1 aromatic heterocycles. The molecule has 1 aliphatic carbocycles. The number of hydrogen-bond acceptors (Lipinski definition) is 3. The zero-order valence-corrected chi connectivity index (χ0v) is 10.1. The molecule has 0 fully saturated rings. The van der Waals surface area contributed by atoms with Crippen LogP contribution in [0.1, 0.15) is 34.6 Å². The van der Waals surface area contributed by atoms with Crippen LogP contribution in [0.2, 0.25) is 0 Å². The highest BCUT2D eigenvalue weighted by Crippen LogP contribution is 2.22. The molecule has 2 aromatic rings. The third kappa shape index (κ3) is 1.68. The maximum Gasteiger partial charge on any atom is 0.335 e. The molecule has 0 atom stereocenters. The smallest absolute Gasteiger partial charge is 0.335 e. The Morgan fingerprint density at radius 3 is 2.79 bits per heavy atom. The summed E-state index contributed by atoms with van der Waals surface area (Å²) in [5.41, 5.74) is 1.33. The summed E-state index contributed by atoms with van der Waals surface area (Å²) in [6.45, 7) is 0. The van der Waals surface area contributed by atoms with Crippen LogP contribution in [0.25, 0.3) is 11.0 Å². The minimum absolute atomic E-state index is 0.00728. The fraction of sp³-hybridized carbons (Fsp3) is 0.308. The minimum atomic E-state index is -1.11. The van der Waals surface area contributed by atoms with Gasteiger partial charge in [-0.2, -0.15) is 0 Å². The molecule has 0 saturated heterocycles. The Bertz CT molecular complexity index is 748. The van der Waals surface area contributed by atoms with E-state index in [4.69, 9.17) is 5.11 Å². The van der Waals surface area contributed by atoms with E-state index in [1.165, 1.54) is 18.2 Å². The number of carboxylic acid groups (broad SMARTS) is 1. The normalized spacial score (nSPS) is 14.3. The number of carbonyl (C=O) groups is 1. The molecule has 0 bridgehead atoms. The standard InChI is InChI=1S/C13H12N2O4/c16-13(17)8-5-6-11-12(7-8)15(19)10-4-2-1-3-9(10)14(11)18/h5-7H,1-4H2,(H,16,17). The Morgan fingerprint density at radius 2 is 2.05 bits per heavy atom. The van der Waals surface area contributed by atoms with Crippen molar-refractivity contribution in [1.82, 2.24) is 4.73 Å². The predicted octanol–water partition coefficient (Wildman–Crippen LogP) is 1.48. The Morgan fingerprint density at radius 1 is 1.32 bits per heavy atom. The summed E-state index contributed by atoms with van der Waals surface area (Å²) in [5.74, 6) is -1.11. The zero-order chi connectivity index (χ0) is 13.6. The van der Waals surface area contributed by atoms with Gasteiger partial charge in [-0.15, -0.1) is 0 Å². The topological polar surface area (TPSA) is 88.3 Å². The van der Waals surface area contributed by atoms with Gasteiger partial charge in [0.25, 0.3) is 11.2 Å². The first-order valence-corrected chi connectivity index (χ1v) is 6.13. The number of fused-ring (bicyclic) bond motifs is 2. The van der Waals surface area contributed by atoms with Gasteiger partial charge in [0.15, 0.2) is 0 Å². The maximum atomic E-state index is 12.3. The molecule has 0 radical (unpaired) electrons. The van der Waals surface area contributed by atoms with Gasteiger partial charge >= 0.3 is 5.97 Å². The molecule has 0 spiro atoms. The van der Waals surface area contributed by atoms with Crippen LogP contribution in [0.5, 0.6) is 0 Å². The van der Waals surface area contributed by atoms with E-state index >= 15 is 0 Å². The molecule has 1 N–H and O–H groups in total. The number of nitrogens with zero attached hydrogens (tertiary/aromatic N) is 2. The van der Waals surface area contributed by atoms with Crippen LogP contribution in [0.3, 0.4) is 0 Å². The van der Waals surface area contributed by atoms with Gasteiger partial charge in [-0.1, -0.05) is 0 Å². The number of aromatic carboxylic acids is 1. The largest absolute Gasteiger partial charge is 0.805 e. The molecule has 0 amide bonds. The van der Waals surface area contributed by atoms with Gasteiger partial charge in [0.2, 0.25) is 0 Å². The fourth-order valence-electron chi connectivity index (χ4n) is 2.59. The van der Waals surface area contributed by atoms with E-state index in [1.54, 1.807) is 0 Å². The van der Waals surface area contributed by atoms with Crippen molar-refractivity contribution in [3.05, 3.63) is 45.3 Å². The summed E-state index contributed by atoms with van der Waals surface area (Å²) >= 11 is 0. The third-order valence-corrected chi connectivity index (χ3v) is 3.56. The van der Waals surface area contributed by atoms with Crippen molar-refractivity contribution in [2.24, 2.45) is 0 Å². The molecule has 1 aromatic carbocycles. The number of carboxylic acids is 1. The highest BCUT2D eigenvalue weighted by Gasteiger charge is 2.25. The second kappa shape index (κ2) is 4.08. The highest BCUT2D eigenvalue weighted by atomic mass is 16.5. The van der Waals surface area contributed by atoms with Crippen molar-refractivity contribution < 1.29 is 14.3 Å². The molecule has 3 rings (SSSR count). The molecule has 19 heavy (non-hydrogen) atoms. The molecule has 98 valence electrons. The quantitative estimate of drug-likeness (QED) is 0.786. The van der Waals surface area contributed by atoms with E-state index in [1.807, 2.05) is 0 Å². The van der Waals surface area contributed by atoms with Crippen LogP contribution < -0.4 is 4.43 Å². The van der Waals surface area contributed by atoms with E-state index in [2.05, 4.69) is 0 Å². The second-order valence-corrected chi connectivity index (χ2v) is 4.70. The van der Waals surface area contributed by atoms with Gasteiger partial charge in [-0.25, -0.2) is 4.79 Å². The highest BCUT2D eigenvalue weighted by molar-refractivity contribution is 5.91. The molecule has 6 heteroatoms. The first-order valence-electron chi connectivity index (χ1n) is 6.13. The van der Waals surface area contributed by atoms with E-state index < -0.39 is 5.97 Å². The van der Waals surface area contributed by atoms with Crippen molar-refractivity contribution in [2.45, 2.75) is 25.7 Å². The summed E-state index contributed by atoms with van der Waals surface area (Å²) < 4.78 is 1.48. The van der Waals surface area contributed by atoms with Crippen LogP contribution in [0, 0.1) is 10.1 Å². The lowest BCUT2D eigenvalue weighted by molar-refractivity contribution is -0.476. The van der Waals surface area contributed by atoms with E-state index in [9.17, 15) is 14.9 Å². The average molecular weight is 260 g/mol. The van der Waals surface area contributed by atoms with Gasteiger partial charge in [-0.3, -0.25) is 0 Å². The zero-order valence-electron chi connectivity index (χ0n) is 10.1. The van der Waals surface area contributed by atoms with Crippen LogP contribution in [0.15, 0.2) is 18.2 Å². The summed E-state index contributed by atoms with van der Waals surface area (Å²) in [4.78, 5) is 23.2. The number of rotatable bonds is 1. The van der Waals surface area contributed by atoms with Crippen LogP contribution >= 0.6 is 0 Å². The van der Waals surface area contributed by atoms with Gasteiger partial charge in [0.1, 0.15) is 5.52 Å². The van der Waals surface area contributed by atoms with Crippen molar-refractivity contribution in [3.63, 3.8) is 0 Å². The lowest BCUT2D eigenvalue weighted by atomic mass is 10.00. The molecule has 1 aliphatic rings. The summed E-state index contributed by atoms with van der Waals surface area (Å²) in [5, 5.41) is 21.2. The van der Waals surface area contributed by atoms with Crippen molar-refractivity contribution in [2.75, 3.05) is 0 Å². The maximum absolute atomic E-state index is 12.3. The molecular weight excluding hydrogens is 248 g/mol. The van der Waals surface area contributed by atoms with Gasteiger partial charge in [0.05, 0.1) is 15.7 Å². The Labute approximate surface area is 108 Å². The lowest BCUT2D eigenvalue weighted by Crippen LogP contribution is -2.30. The van der Waals surface area contributed by atoms with E-state index in [0.29, 0.717) is 29.0 Å². The molecule has 6 nitrogen and oxygen atoms in total. The average Bonchev–Trinajstić information content (AvgIpc) is 2.44. The van der Waals surface area contributed by atoms with Crippen molar-refractivity contribution in [3.8, 4) is 0 Å². The number of benzene rings is 1. The summed E-state index contributed by atoms with van der Waals surface area (Å²) in [7, 11) is 0. The predicted molar refractivity (Wildman–Crippen MR) is 67.7 cm³/mol. The van der Waals surface area contributed by atoms with Crippen molar-refractivity contribution >= 4 is 17.0 Å². The first-order chi connectivity index (χ1) is 9.09. The number of hydrogen-bond donors (Lipinski definition) is 1. The summed E-state index contributed by atoms with van der Waals surface area (Å²) in [6, 6.07) is 4.00. The SMILES string of the molecule is O=C(O)c1ccc2c(c1)n([O-])c1c([n+]2=O)CCCC1. The lowest BCUT2D eigenvalue weighted by Gasteiger charge is -2.21. The van der Waals surface area contributed by atoms with Gasteiger partial charge < -0.3 is 15.0 Å². The molecule has 1 heterocycles. The Hall–Kier alpha value is -2.37. The minimum Gasteiger partial charge on any atom is -0.805 e. The fourth-order valence-corrected chi connectivity index (χ4v) is 2.59. The summed E-state index contributed by atoms with van der Waals surface area (Å²) in [6.07, 6.45) is 2.93. The molecule has 0 unspecified atom stereocenters. The van der Waals surface area contributed by atoms with Gasteiger partial charge in [-0.05, 0) is 31.4 Å². The second-order valence-electron chi connectivity index (χ2n) is 4.70. The number of aromatic nitrogens is 2. The molecule has 0 aliphatic heterocycles. The third-order valence-electron chi connectivity index (χ3n) is 3.56. The van der Waals surface area contributed by atoms with Gasteiger partial charge in [0, 0.05) is 17.4 Å².